The van der Waals surface area contributed by atoms with Crippen LogP contribution in [0.15, 0.2) is 0 Å². The highest BCUT2D eigenvalue weighted by Crippen LogP contribution is 2.15. The van der Waals surface area contributed by atoms with Gasteiger partial charge in [0.15, 0.2) is 5.82 Å². The number of halogens is 1. The maximum absolute atomic E-state index is 5.71. The maximum Gasteiger partial charge on any atom is 0.166 e. The largest absolute Gasteiger partial charge is 0.226 e. The van der Waals surface area contributed by atoms with E-state index >= 15 is 0 Å². The fourth-order valence-corrected chi connectivity index (χ4v) is 2.14. The summed E-state index contributed by atoms with van der Waals surface area (Å²) in [5, 5.41) is 11.4. The van der Waals surface area contributed by atoms with E-state index in [0.29, 0.717) is 11.9 Å². The predicted octanol–water partition coefficient (Wildman–Crippen LogP) is 2.12. The lowest BCUT2D eigenvalue weighted by Gasteiger charge is -2.11. The molecule has 0 aliphatic heterocycles. The van der Waals surface area contributed by atoms with E-state index in [2.05, 4.69) is 29.4 Å². The van der Waals surface area contributed by atoms with Gasteiger partial charge in [-0.2, -0.15) is 11.8 Å². The minimum atomic E-state index is 0.331. The Labute approximate surface area is 93.4 Å². The van der Waals surface area contributed by atoms with E-state index in [0.717, 1.165) is 23.8 Å². The van der Waals surface area contributed by atoms with E-state index in [1.807, 2.05) is 16.4 Å². The first-order valence-electron chi connectivity index (χ1n) is 4.70. The van der Waals surface area contributed by atoms with Gasteiger partial charge in [-0.3, -0.25) is 0 Å². The second kappa shape index (κ2) is 6.24. The van der Waals surface area contributed by atoms with Crippen molar-refractivity contribution in [2.24, 2.45) is 0 Å². The normalized spacial score (nSPS) is 13.1. The van der Waals surface area contributed by atoms with Crippen LogP contribution in [0.4, 0.5) is 0 Å². The maximum atomic E-state index is 5.71. The topological polar surface area (TPSA) is 43.6 Å². The highest BCUT2D eigenvalue weighted by molar-refractivity contribution is 7.99. The second-order valence-corrected chi connectivity index (χ2v) is 4.67. The summed E-state index contributed by atoms with van der Waals surface area (Å²) >= 11 is 7.64. The fourth-order valence-electron chi connectivity index (χ4n) is 1.16. The van der Waals surface area contributed by atoms with Gasteiger partial charge in [0.25, 0.3) is 0 Å². The molecule has 0 radical (unpaired) electrons. The first-order valence-corrected chi connectivity index (χ1v) is 6.39. The quantitative estimate of drug-likeness (QED) is 0.559. The Morgan fingerprint density at radius 3 is 3.00 bits per heavy atom. The van der Waals surface area contributed by atoms with Gasteiger partial charge in [-0.15, -0.1) is 16.7 Å². The van der Waals surface area contributed by atoms with Crippen LogP contribution in [0.1, 0.15) is 32.1 Å². The zero-order valence-electron chi connectivity index (χ0n) is 8.48. The zero-order valence-corrected chi connectivity index (χ0v) is 10.1. The summed E-state index contributed by atoms with van der Waals surface area (Å²) in [6.07, 6.45) is 1.08. The van der Waals surface area contributed by atoms with Crippen LogP contribution in [0.2, 0.25) is 0 Å². The van der Waals surface area contributed by atoms with Crippen molar-refractivity contribution in [3.05, 3.63) is 5.82 Å². The molecule has 0 saturated heterocycles. The van der Waals surface area contributed by atoms with Gasteiger partial charge >= 0.3 is 0 Å². The van der Waals surface area contributed by atoms with Crippen LogP contribution in [0.25, 0.3) is 0 Å². The minimum Gasteiger partial charge on any atom is -0.226 e. The third-order valence-electron chi connectivity index (χ3n) is 1.98. The first kappa shape index (κ1) is 11.8. The fraction of sp³-hybridized carbons (Fsp3) is 0.875. The summed E-state index contributed by atoms with van der Waals surface area (Å²) in [5.41, 5.74) is 0. The van der Waals surface area contributed by atoms with Crippen LogP contribution < -0.4 is 0 Å². The van der Waals surface area contributed by atoms with Crippen LogP contribution in [-0.4, -0.2) is 31.7 Å². The zero-order chi connectivity index (χ0) is 10.4. The van der Waals surface area contributed by atoms with Crippen molar-refractivity contribution < 1.29 is 0 Å². The molecule has 4 nitrogen and oxygen atoms in total. The van der Waals surface area contributed by atoms with Crippen LogP contribution in [0.3, 0.4) is 0 Å². The number of tetrazole rings is 1. The van der Waals surface area contributed by atoms with Gasteiger partial charge in [-0.05, 0) is 35.3 Å². The van der Waals surface area contributed by atoms with Crippen molar-refractivity contribution in [2.45, 2.75) is 32.2 Å². The summed E-state index contributed by atoms with van der Waals surface area (Å²) < 4.78 is 1.81. The van der Waals surface area contributed by atoms with E-state index in [-0.39, 0.29) is 0 Å². The van der Waals surface area contributed by atoms with Gasteiger partial charge in [0.1, 0.15) is 0 Å². The lowest BCUT2D eigenvalue weighted by Crippen LogP contribution is -2.11. The number of hydrogen-bond acceptors (Lipinski definition) is 4. The van der Waals surface area contributed by atoms with Crippen molar-refractivity contribution in [3.8, 4) is 0 Å². The monoisotopic (exact) mass is 234 g/mol. The summed E-state index contributed by atoms with van der Waals surface area (Å²) in [6.45, 7) is 4.28. The molecule has 1 aromatic heterocycles. The average Bonchev–Trinajstić information content (AvgIpc) is 2.65. The summed E-state index contributed by atoms with van der Waals surface area (Å²) in [7, 11) is 0. The van der Waals surface area contributed by atoms with E-state index < -0.39 is 0 Å². The molecule has 14 heavy (non-hydrogen) atoms. The van der Waals surface area contributed by atoms with Gasteiger partial charge in [0, 0.05) is 0 Å². The van der Waals surface area contributed by atoms with E-state index in [1.54, 1.807) is 0 Å². The molecule has 0 saturated carbocycles. The number of hydrogen-bond donors (Lipinski definition) is 0. The molecule has 0 bridgehead atoms. The van der Waals surface area contributed by atoms with Crippen molar-refractivity contribution >= 4 is 23.4 Å². The molecular formula is C8H15ClN4S. The third kappa shape index (κ3) is 3.13. The Morgan fingerprint density at radius 1 is 1.57 bits per heavy atom. The molecule has 1 unspecified atom stereocenters. The number of thioether (sulfide) groups is 1. The van der Waals surface area contributed by atoms with Gasteiger partial charge in [0.2, 0.25) is 0 Å². The molecule has 0 spiro atoms. The molecule has 0 N–H and O–H groups in total. The van der Waals surface area contributed by atoms with Crippen LogP contribution in [0, 0.1) is 0 Å². The van der Waals surface area contributed by atoms with Crippen LogP contribution >= 0.6 is 23.4 Å². The molecule has 6 heteroatoms. The van der Waals surface area contributed by atoms with Gasteiger partial charge in [0.05, 0.1) is 11.9 Å². The predicted molar refractivity (Wildman–Crippen MR) is 59.7 cm³/mol. The smallest absolute Gasteiger partial charge is 0.166 e. The van der Waals surface area contributed by atoms with Gasteiger partial charge in [-0.25, -0.2) is 4.68 Å². The van der Waals surface area contributed by atoms with Crippen LogP contribution in [-0.2, 0) is 5.88 Å². The molecular weight excluding hydrogens is 220 g/mol. The summed E-state index contributed by atoms with van der Waals surface area (Å²) in [5.74, 6) is 3.42. The van der Waals surface area contributed by atoms with E-state index in [4.69, 9.17) is 11.6 Å². The molecule has 1 rings (SSSR count). The average molecular weight is 235 g/mol. The van der Waals surface area contributed by atoms with Crippen molar-refractivity contribution in [3.63, 3.8) is 0 Å². The number of aromatic nitrogens is 4. The minimum absolute atomic E-state index is 0.331. The van der Waals surface area contributed by atoms with Crippen LogP contribution in [0.5, 0.6) is 0 Å². The molecule has 0 amide bonds. The SMILES string of the molecule is CCSCCC(C)n1nnnc1CCl. The molecule has 0 aromatic carbocycles. The van der Waals surface area contributed by atoms with Crippen molar-refractivity contribution in [2.75, 3.05) is 11.5 Å². The van der Waals surface area contributed by atoms with Crippen molar-refractivity contribution in [1.29, 1.82) is 0 Å². The Bertz CT molecular complexity index is 266. The lowest BCUT2D eigenvalue weighted by atomic mass is 10.3. The summed E-state index contributed by atoms with van der Waals surface area (Å²) in [4.78, 5) is 0. The van der Waals surface area contributed by atoms with E-state index in [1.165, 1.54) is 0 Å². The van der Waals surface area contributed by atoms with E-state index in [9.17, 15) is 0 Å². The highest BCUT2D eigenvalue weighted by Gasteiger charge is 2.11. The second-order valence-electron chi connectivity index (χ2n) is 3.01. The Balaban J connectivity index is 2.47. The molecule has 1 atom stereocenters. The molecule has 1 heterocycles. The van der Waals surface area contributed by atoms with Gasteiger partial charge < -0.3 is 0 Å². The Kier molecular flexibility index (Phi) is 5.25. The number of alkyl halides is 1. The molecule has 0 fully saturated rings. The molecule has 0 aliphatic rings. The first-order chi connectivity index (χ1) is 6.79. The Morgan fingerprint density at radius 2 is 2.36 bits per heavy atom. The molecule has 0 aliphatic carbocycles. The van der Waals surface area contributed by atoms with Gasteiger partial charge in [-0.1, -0.05) is 6.92 Å². The standard InChI is InChI=1S/C8H15ClN4S/c1-3-14-5-4-7(2)13-8(6-9)10-11-12-13/h7H,3-6H2,1-2H3. The lowest BCUT2D eigenvalue weighted by molar-refractivity contribution is 0.456. The highest BCUT2D eigenvalue weighted by atomic mass is 35.5. The Hall–Kier alpha value is -0.290. The molecule has 80 valence electrons. The van der Waals surface area contributed by atoms with Crippen molar-refractivity contribution in [1.82, 2.24) is 20.2 Å². The number of nitrogens with zero attached hydrogens (tertiary/aromatic N) is 4. The third-order valence-corrected chi connectivity index (χ3v) is 3.15. The number of rotatable bonds is 6. The molecule has 1 aromatic rings. The summed E-state index contributed by atoms with van der Waals surface area (Å²) in [6, 6.07) is 0.331.